The number of alkyl halides is 3. The van der Waals surface area contributed by atoms with Gasteiger partial charge in [0, 0.05) is 37.4 Å². The molecule has 1 fully saturated rings. The van der Waals surface area contributed by atoms with Gasteiger partial charge in [0.15, 0.2) is 0 Å². The molecule has 0 aliphatic carbocycles. The van der Waals surface area contributed by atoms with E-state index in [1.165, 1.54) is 12.1 Å². The molecule has 0 N–H and O–H groups in total. The van der Waals surface area contributed by atoms with Crippen LogP contribution in [0.4, 0.5) is 18.9 Å². The third-order valence-corrected chi connectivity index (χ3v) is 5.41. The number of benzene rings is 1. The predicted octanol–water partition coefficient (Wildman–Crippen LogP) is 3.96. The second-order valence-electron chi connectivity index (χ2n) is 7.71. The quantitative estimate of drug-likeness (QED) is 0.605. The number of aromatic nitrogens is 3. The van der Waals surface area contributed by atoms with Crippen LogP contribution in [0.15, 0.2) is 34.9 Å². The summed E-state index contributed by atoms with van der Waals surface area (Å²) in [5, 5.41) is 13.4. The Morgan fingerprint density at radius 1 is 1.09 bits per heavy atom. The van der Waals surface area contributed by atoms with Crippen LogP contribution in [-0.4, -0.2) is 46.2 Å². The average Bonchev–Trinajstić information content (AvgIpc) is 3.22. The molecule has 0 unspecified atom stereocenters. The summed E-state index contributed by atoms with van der Waals surface area (Å²) in [6.45, 7) is 7.01. The molecule has 166 valence electrons. The minimum atomic E-state index is -4.43. The van der Waals surface area contributed by atoms with Gasteiger partial charge in [-0.3, -0.25) is 9.88 Å². The molecule has 2 aromatic heterocycles. The van der Waals surface area contributed by atoms with Crippen molar-refractivity contribution in [3.05, 3.63) is 58.7 Å². The molecule has 0 radical (unpaired) electrons. The molecule has 0 spiro atoms. The van der Waals surface area contributed by atoms with Crippen molar-refractivity contribution in [3.8, 4) is 17.5 Å². The highest BCUT2D eigenvalue weighted by Crippen LogP contribution is 2.31. The average molecular weight is 442 g/mol. The van der Waals surface area contributed by atoms with E-state index in [1.807, 2.05) is 19.9 Å². The first-order valence-corrected chi connectivity index (χ1v) is 10.1. The zero-order valence-electron chi connectivity index (χ0n) is 17.6. The Bertz CT molecular complexity index is 1160. The third kappa shape index (κ3) is 4.57. The van der Waals surface area contributed by atoms with Crippen LogP contribution in [-0.2, 0) is 12.7 Å². The van der Waals surface area contributed by atoms with Crippen LogP contribution in [0.5, 0.6) is 0 Å². The van der Waals surface area contributed by atoms with Crippen LogP contribution < -0.4 is 4.90 Å². The number of aryl methyl sites for hydroxylation is 2. The molecule has 32 heavy (non-hydrogen) atoms. The van der Waals surface area contributed by atoms with Gasteiger partial charge >= 0.3 is 6.18 Å². The molecular weight excluding hydrogens is 421 g/mol. The lowest BCUT2D eigenvalue weighted by atomic mass is 10.1. The molecule has 1 aliphatic heterocycles. The number of halogens is 3. The summed E-state index contributed by atoms with van der Waals surface area (Å²) in [6.07, 6.45) is -4.43. The molecule has 1 saturated heterocycles. The zero-order valence-corrected chi connectivity index (χ0v) is 17.6. The molecule has 0 amide bonds. The van der Waals surface area contributed by atoms with Gasteiger partial charge < -0.3 is 9.42 Å². The van der Waals surface area contributed by atoms with Gasteiger partial charge in [0.2, 0.25) is 11.7 Å². The molecule has 0 atom stereocenters. The first-order valence-electron chi connectivity index (χ1n) is 10.1. The Hall–Kier alpha value is -3.45. The van der Waals surface area contributed by atoms with Gasteiger partial charge in [0.25, 0.3) is 0 Å². The molecule has 1 aromatic carbocycles. The highest BCUT2D eigenvalue weighted by atomic mass is 19.4. The normalized spacial score (nSPS) is 15.1. The van der Waals surface area contributed by atoms with Crippen LogP contribution in [0.1, 0.15) is 28.4 Å². The lowest BCUT2D eigenvalue weighted by Gasteiger charge is -2.36. The highest BCUT2D eigenvalue weighted by molar-refractivity contribution is 5.62. The fourth-order valence-corrected chi connectivity index (χ4v) is 3.80. The first-order chi connectivity index (χ1) is 15.2. The van der Waals surface area contributed by atoms with Crippen LogP contribution in [0, 0.1) is 25.2 Å². The maximum atomic E-state index is 12.9. The molecule has 1 aliphatic rings. The Balaban J connectivity index is 1.41. The second-order valence-corrected chi connectivity index (χ2v) is 7.71. The lowest BCUT2D eigenvalue weighted by Crippen LogP contribution is -2.46. The summed E-state index contributed by atoms with van der Waals surface area (Å²) in [5.41, 5.74) is 2.57. The lowest BCUT2D eigenvalue weighted by molar-refractivity contribution is -0.137. The summed E-state index contributed by atoms with van der Waals surface area (Å²) in [5.74, 6) is 0.477. The summed E-state index contributed by atoms with van der Waals surface area (Å²) in [7, 11) is 0. The Kier molecular flexibility index (Phi) is 5.84. The van der Waals surface area contributed by atoms with Crippen LogP contribution >= 0.6 is 0 Å². The van der Waals surface area contributed by atoms with Crippen LogP contribution in [0.25, 0.3) is 11.4 Å². The van der Waals surface area contributed by atoms with E-state index in [-0.39, 0.29) is 11.4 Å². The van der Waals surface area contributed by atoms with Crippen molar-refractivity contribution < 1.29 is 17.7 Å². The fraction of sp³-hybridized carbons (Fsp3) is 0.364. The smallest absolute Gasteiger partial charge is 0.368 e. The van der Waals surface area contributed by atoms with Crippen molar-refractivity contribution in [1.82, 2.24) is 20.0 Å². The SMILES string of the molecule is Cc1cc(N2CCN(Cc3nc(-c4cccc(C(F)(F)F)c4)no3)CC2)c(C#N)c(C)n1. The second kappa shape index (κ2) is 8.59. The van der Waals surface area contributed by atoms with E-state index in [0.29, 0.717) is 44.2 Å². The number of nitrogens with zero attached hydrogens (tertiary/aromatic N) is 6. The minimum absolute atomic E-state index is 0.131. The number of hydrogen-bond donors (Lipinski definition) is 0. The van der Waals surface area contributed by atoms with Gasteiger partial charge in [-0.25, -0.2) is 0 Å². The molecular formula is C22H21F3N6O. The minimum Gasteiger partial charge on any atom is -0.368 e. The molecule has 7 nitrogen and oxygen atoms in total. The maximum Gasteiger partial charge on any atom is 0.416 e. The van der Waals surface area contributed by atoms with Gasteiger partial charge in [-0.1, -0.05) is 17.3 Å². The molecule has 3 heterocycles. The van der Waals surface area contributed by atoms with Gasteiger partial charge in [0.1, 0.15) is 6.07 Å². The largest absolute Gasteiger partial charge is 0.416 e. The van der Waals surface area contributed by atoms with E-state index in [1.54, 1.807) is 0 Å². The highest BCUT2D eigenvalue weighted by Gasteiger charge is 2.31. The number of anilines is 1. The summed E-state index contributed by atoms with van der Waals surface area (Å²) in [6, 6.07) is 9.05. The summed E-state index contributed by atoms with van der Waals surface area (Å²) < 4.78 is 44.1. The van der Waals surface area contributed by atoms with E-state index in [9.17, 15) is 18.4 Å². The molecule has 0 bridgehead atoms. The molecule has 4 rings (SSSR count). The topological polar surface area (TPSA) is 82.1 Å². The van der Waals surface area contributed by atoms with E-state index < -0.39 is 11.7 Å². The first kappa shape index (κ1) is 21.8. The third-order valence-electron chi connectivity index (χ3n) is 5.41. The molecule has 0 saturated carbocycles. The standard InChI is InChI=1S/C22H21F3N6O/c1-14-10-19(18(12-26)15(2)27-14)31-8-6-30(7-9-31)13-20-28-21(29-32-20)16-4-3-5-17(11-16)22(23,24)25/h3-5,10-11H,6-9,13H2,1-2H3. The molecule has 3 aromatic rings. The summed E-state index contributed by atoms with van der Waals surface area (Å²) in [4.78, 5) is 12.9. The molecule has 10 heteroatoms. The fourth-order valence-electron chi connectivity index (χ4n) is 3.80. The van der Waals surface area contributed by atoms with Crippen molar-refractivity contribution in [1.29, 1.82) is 5.26 Å². The summed E-state index contributed by atoms with van der Waals surface area (Å²) >= 11 is 0. The predicted molar refractivity (Wildman–Crippen MR) is 111 cm³/mol. The number of hydrogen-bond acceptors (Lipinski definition) is 7. The van der Waals surface area contributed by atoms with Gasteiger partial charge in [-0.15, -0.1) is 0 Å². The van der Waals surface area contributed by atoms with Crippen molar-refractivity contribution in [2.24, 2.45) is 0 Å². The van der Waals surface area contributed by atoms with Crippen LogP contribution in [0.3, 0.4) is 0 Å². The maximum absolute atomic E-state index is 12.9. The number of nitriles is 1. The van der Waals surface area contributed by atoms with Crippen molar-refractivity contribution in [2.75, 3.05) is 31.1 Å². The van der Waals surface area contributed by atoms with Crippen molar-refractivity contribution in [2.45, 2.75) is 26.6 Å². The number of rotatable bonds is 4. The Morgan fingerprint density at radius 2 is 1.84 bits per heavy atom. The Morgan fingerprint density at radius 3 is 2.53 bits per heavy atom. The van der Waals surface area contributed by atoms with Crippen LogP contribution in [0.2, 0.25) is 0 Å². The van der Waals surface area contributed by atoms with Crippen molar-refractivity contribution in [3.63, 3.8) is 0 Å². The monoisotopic (exact) mass is 442 g/mol. The number of piperazine rings is 1. The van der Waals surface area contributed by atoms with E-state index in [4.69, 9.17) is 4.52 Å². The van der Waals surface area contributed by atoms with Gasteiger partial charge in [0.05, 0.1) is 29.1 Å². The van der Waals surface area contributed by atoms with E-state index >= 15 is 0 Å². The zero-order chi connectivity index (χ0) is 22.9. The van der Waals surface area contributed by atoms with Gasteiger partial charge in [-0.2, -0.15) is 23.4 Å². The van der Waals surface area contributed by atoms with Gasteiger partial charge in [-0.05, 0) is 32.0 Å². The Labute approximate surface area is 183 Å². The van der Waals surface area contributed by atoms with E-state index in [0.717, 1.165) is 29.2 Å². The van der Waals surface area contributed by atoms with E-state index in [2.05, 4.69) is 31.0 Å². The number of pyridine rings is 1. The van der Waals surface area contributed by atoms with Crippen molar-refractivity contribution >= 4 is 5.69 Å².